The summed E-state index contributed by atoms with van der Waals surface area (Å²) in [5.41, 5.74) is 1.20. The van der Waals surface area contributed by atoms with E-state index in [1.165, 1.54) is 6.42 Å². The van der Waals surface area contributed by atoms with Gasteiger partial charge in [0.1, 0.15) is 5.82 Å². The maximum absolute atomic E-state index is 13.5. The number of hydrogen-bond donors (Lipinski definition) is 0. The largest absolute Gasteiger partial charge is 0.328 e. The van der Waals surface area contributed by atoms with Crippen LogP contribution in [-0.2, 0) is 17.8 Å². The van der Waals surface area contributed by atoms with E-state index in [2.05, 4.69) is 14.8 Å². The van der Waals surface area contributed by atoms with Gasteiger partial charge in [-0.15, -0.1) is 10.2 Å². The molecular weight excluding hydrogens is 402 g/mol. The van der Waals surface area contributed by atoms with Gasteiger partial charge in [0.05, 0.1) is 16.8 Å². The summed E-state index contributed by atoms with van der Waals surface area (Å²) in [4.78, 5) is 29.3. The standard InChI is InChI=1S/C22H26ClN5O2/c23-16-10-9-15(14-18(16)26-12-5-8-20(26)29)22(30)27-13-4-6-17(27)21-25-24-19-7-2-1-3-11-28(19)21/h9-10,14,17H,1-8,11-13H2/t17-/m1/s1. The van der Waals surface area contributed by atoms with Crippen molar-refractivity contribution in [3.8, 4) is 0 Å². The second kappa shape index (κ2) is 8.02. The van der Waals surface area contributed by atoms with Crippen molar-refractivity contribution in [3.05, 3.63) is 40.4 Å². The highest BCUT2D eigenvalue weighted by Crippen LogP contribution is 2.35. The monoisotopic (exact) mass is 427 g/mol. The molecule has 3 aliphatic heterocycles. The van der Waals surface area contributed by atoms with E-state index in [4.69, 9.17) is 11.6 Å². The molecule has 1 aromatic carbocycles. The first-order valence-electron chi connectivity index (χ1n) is 11.0. The number of benzene rings is 1. The van der Waals surface area contributed by atoms with Crippen LogP contribution in [0.25, 0.3) is 0 Å². The van der Waals surface area contributed by atoms with Crippen LogP contribution in [0, 0.1) is 0 Å². The quantitative estimate of drug-likeness (QED) is 0.747. The number of carbonyl (C=O) groups excluding carboxylic acids is 2. The minimum atomic E-state index is -0.0515. The molecular formula is C22H26ClN5O2. The van der Waals surface area contributed by atoms with Gasteiger partial charge in [-0.25, -0.2) is 0 Å². The van der Waals surface area contributed by atoms with Gasteiger partial charge in [-0.2, -0.15) is 0 Å². The Morgan fingerprint density at radius 3 is 2.73 bits per heavy atom. The van der Waals surface area contributed by atoms with Gasteiger partial charge in [0, 0.05) is 38.0 Å². The predicted molar refractivity (Wildman–Crippen MR) is 114 cm³/mol. The number of hydrogen-bond acceptors (Lipinski definition) is 4. The van der Waals surface area contributed by atoms with Crippen molar-refractivity contribution < 1.29 is 9.59 Å². The molecule has 30 heavy (non-hydrogen) atoms. The second-order valence-corrected chi connectivity index (χ2v) is 8.82. The van der Waals surface area contributed by atoms with Crippen molar-refractivity contribution in [1.29, 1.82) is 0 Å². The third-order valence-corrected chi connectivity index (χ3v) is 6.83. The Kier molecular flexibility index (Phi) is 5.23. The van der Waals surface area contributed by atoms with Crippen molar-refractivity contribution in [2.45, 2.75) is 64.0 Å². The number of fused-ring (bicyclic) bond motifs is 1. The summed E-state index contributed by atoms with van der Waals surface area (Å²) in [6, 6.07) is 5.20. The van der Waals surface area contributed by atoms with E-state index in [1.807, 2.05) is 4.90 Å². The molecule has 0 bridgehead atoms. The number of aryl methyl sites for hydroxylation is 1. The van der Waals surface area contributed by atoms with Gasteiger partial charge in [-0.1, -0.05) is 18.0 Å². The molecule has 8 heteroatoms. The summed E-state index contributed by atoms with van der Waals surface area (Å²) in [5, 5.41) is 9.43. The lowest BCUT2D eigenvalue weighted by molar-refractivity contribution is -0.117. The Morgan fingerprint density at radius 2 is 1.90 bits per heavy atom. The highest BCUT2D eigenvalue weighted by atomic mass is 35.5. The van der Waals surface area contributed by atoms with Gasteiger partial charge in [0.25, 0.3) is 5.91 Å². The van der Waals surface area contributed by atoms with Crippen LogP contribution < -0.4 is 4.90 Å². The molecule has 4 heterocycles. The Labute approximate surface area is 181 Å². The maximum atomic E-state index is 13.5. The summed E-state index contributed by atoms with van der Waals surface area (Å²) >= 11 is 6.37. The third-order valence-electron chi connectivity index (χ3n) is 6.51. The molecule has 0 radical (unpaired) electrons. The number of anilines is 1. The van der Waals surface area contributed by atoms with E-state index in [0.29, 0.717) is 35.8 Å². The zero-order valence-electron chi connectivity index (χ0n) is 17.0. The van der Waals surface area contributed by atoms with Crippen LogP contribution in [0.15, 0.2) is 18.2 Å². The lowest BCUT2D eigenvalue weighted by Crippen LogP contribution is -2.32. The lowest BCUT2D eigenvalue weighted by Gasteiger charge is -2.25. The Bertz CT molecular complexity index is 988. The third kappa shape index (κ3) is 3.39. The molecule has 0 N–H and O–H groups in total. The molecule has 0 aliphatic carbocycles. The average Bonchev–Trinajstić information content (AvgIpc) is 3.44. The Hall–Kier alpha value is -2.41. The highest BCUT2D eigenvalue weighted by Gasteiger charge is 2.35. The normalized spacial score (nSPS) is 21.8. The summed E-state index contributed by atoms with van der Waals surface area (Å²) in [7, 11) is 0. The van der Waals surface area contributed by atoms with E-state index in [0.717, 1.165) is 56.7 Å². The van der Waals surface area contributed by atoms with Crippen molar-refractivity contribution >= 4 is 29.1 Å². The van der Waals surface area contributed by atoms with E-state index >= 15 is 0 Å². The molecule has 2 saturated heterocycles. The van der Waals surface area contributed by atoms with Crippen LogP contribution in [0.2, 0.25) is 5.02 Å². The molecule has 0 spiro atoms. The van der Waals surface area contributed by atoms with E-state index in [-0.39, 0.29) is 17.9 Å². The minimum absolute atomic E-state index is 0.0342. The summed E-state index contributed by atoms with van der Waals surface area (Å²) in [5.74, 6) is 1.99. The van der Waals surface area contributed by atoms with Crippen LogP contribution in [0.3, 0.4) is 0 Å². The SMILES string of the molecule is O=C1CCCN1c1cc(C(=O)N2CCC[C@@H]2c2nnc3n2CCCCC3)ccc1Cl. The van der Waals surface area contributed by atoms with Crippen molar-refractivity contribution in [2.75, 3.05) is 18.0 Å². The van der Waals surface area contributed by atoms with Crippen LogP contribution in [0.1, 0.15) is 73.0 Å². The zero-order valence-corrected chi connectivity index (χ0v) is 17.8. The maximum Gasteiger partial charge on any atom is 0.254 e. The van der Waals surface area contributed by atoms with Gasteiger partial charge >= 0.3 is 0 Å². The molecule has 0 saturated carbocycles. The average molecular weight is 428 g/mol. The number of halogens is 1. The molecule has 2 amide bonds. The molecule has 1 aromatic heterocycles. The summed E-state index contributed by atoms with van der Waals surface area (Å²) < 4.78 is 2.24. The molecule has 1 atom stereocenters. The number of carbonyl (C=O) groups is 2. The van der Waals surface area contributed by atoms with Crippen LogP contribution >= 0.6 is 11.6 Å². The Balaban J connectivity index is 1.44. The summed E-state index contributed by atoms with van der Waals surface area (Å²) in [6.07, 6.45) is 7.63. The number of likely N-dealkylation sites (tertiary alicyclic amines) is 1. The first-order valence-corrected chi connectivity index (χ1v) is 11.3. The number of amides is 2. The van der Waals surface area contributed by atoms with Crippen molar-refractivity contribution in [1.82, 2.24) is 19.7 Å². The minimum Gasteiger partial charge on any atom is -0.328 e. The second-order valence-electron chi connectivity index (χ2n) is 8.41. The van der Waals surface area contributed by atoms with E-state index in [1.54, 1.807) is 23.1 Å². The van der Waals surface area contributed by atoms with Gasteiger partial charge in [0.2, 0.25) is 5.91 Å². The molecule has 2 fully saturated rings. The van der Waals surface area contributed by atoms with Crippen molar-refractivity contribution in [2.24, 2.45) is 0 Å². The molecule has 5 rings (SSSR count). The van der Waals surface area contributed by atoms with Crippen LogP contribution in [-0.4, -0.2) is 44.6 Å². The predicted octanol–water partition coefficient (Wildman–Crippen LogP) is 3.76. The molecule has 7 nitrogen and oxygen atoms in total. The number of nitrogens with zero attached hydrogens (tertiary/aromatic N) is 5. The number of aromatic nitrogens is 3. The smallest absolute Gasteiger partial charge is 0.254 e. The highest BCUT2D eigenvalue weighted by molar-refractivity contribution is 6.34. The zero-order chi connectivity index (χ0) is 20.7. The van der Waals surface area contributed by atoms with Gasteiger partial charge in [0.15, 0.2) is 5.82 Å². The fourth-order valence-electron chi connectivity index (χ4n) is 4.95. The summed E-state index contributed by atoms with van der Waals surface area (Å²) in [6.45, 7) is 2.28. The lowest BCUT2D eigenvalue weighted by atomic mass is 10.1. The van der Waals surface area contributed by atoms with E-state index in [9.17, 15) is 9.59 Å². The van der Waals surface area contributed by atoms with Crippen LogP contribution in [0.5, 0.6) is 0 Å². The first-order chi connectivity index (χ1) is 14.6. The fraction of sp³-hybridized carbons (Fsp3) is 0.545. The molecule has 3 aliphatic rings. The van der Waals surface area contributed by atoms with Crippen LogP contribution in [0.4, 0.5) is 5.69 Å². The molecule has 0 unspecified atom stereocenters. The topological polar surface area (TPSA) is 71.3 Å². The number of rotatable bonds is 3. The van der Waals surface area contributed by atoms with Gasteiger partial charge < -0.3 is 14.4 Å². The van der Waals surface area contributed by atoms with Gasteiger partial charge in [-0.05, 0) is 50.3 Å². The van der Waals surface area contributed by atoms with Crippen molar-refractivity contribution in [3.63, 3.8) is 0 Å². The fourth-order valence-corrected chi connectivity index (χ4v) is 5.17. The molecule has 2 aromatic rings. The Morgan fingerprint density at radius 1 is 1.00 bits per heavy atom. The van der Waals surface area contributed by atoms with E-state index < -0.39 is 0 Å². The molecule has 158 valence electrons. The van der Waals surface area contributed by atoms with Gasteiger partial charge in [-0.3, -0.25) is 9.59 Å². The first kappa shape index (κ1) is 19.5.